The van der Waals surface area contributed by atoms with Crippen LogP contribution in [-0.2, 0) is 5.41 Å². The summed E-state index contributed by atoms with van der Waals surface area (Å²) in [5.74, 6) is 0. The Bertz CT molecular complexity index is 3420. The second kappa shape index (κ2) is 15.1. The van der Waals surface area contributed by atoms with E-state index in [1.165, 1.54) is 110 Å². The Balaban J connectivity index is 0.951. The highest BCUT2D eigenvalue weighted by atomic mass is 14.5. The van der Waals surface area contributed by atoms with Gasteiger partial charge in [-0.1, -0.05) is 249 Å². The van der Waals surface area contributed by atoms with Gasteiger partial charge >= 0.3 is 0 Å². The first-order valence-corrected chi connectivity index (χ1v) is 21.9. The van der Waals surface area contributed by atoms with Crippen molar-refractivity contribution in [2.75, 3.05) is 0 Å². The molecule has 11 aromatic rings. The van der Waals surface area contributed by atoms with Gasteiger partial charge < -0.3 is 0 Å². The molecule has 0 amide bonds. The fourth-order valence-electron chi connectivity index (χ4n) is 10.6. The van der Waals surface area contributed by atoms with E-state index >= 15 is 0 Å². The van der Waals surface area contributed by atoms with E-state index in [0.29, 0.717) is 0 Å². The zero-order valence-electron chi connectivity index (χ0n) is 34.7. The van der Waals surface area contributed by atoms with Crippen molar-refractivity contribution >= 4 is 44.5 Å². The van der Waals surface area contributed by atoms with E-state index in [1.807, 2.05) is 0 Å². The molecule has 63 heavy (non-hydrogen) atoms. The average molecular weight is 799 g/mol. The molecule has 0 saturated heterocycles. The van der Waals surface area contributed by atoms with Crippen LogP contribution in [0.1, 0.15) is 33.4 Å². The topological polar surface area (TPSA) is 0 Å². The van der Waals surface area contributed by atoms with Crippen LogP contribution in [0.4, 0.5) is 0 Å². The van der Waals surface area contributed by atoms with Crippen LogP contribution in [-0.4, -0.2) is 0 Å². The third-order valence-corrected chi connectivity index (χ3v) is 13.4. The SMILES string of the molecule is C(=C\c1ccc(-c2c3ccccc3c(-c3ccc4c(c3)C(c3ccccc3)(c3ccccc3)c3ccccc3-4)c3ccccc23)cc1)/c1ccc(-c2cccc3ccccc23)cc1. The smallest absolute Gasteiger partial charge is 0.0622 e. The van der Waals surface area contributed by atoms with Crippen LogP contribution in [0.15, 0.2) is 243 Å². The molecule has 0 saturated carbocycles. The molecule has 11 aromatic carbocycles. The van der Waals surface area contributed by atoms with Crippen molar-refractivity contribution in [3.63, 3.8) is 0 Å². The fourth-order valence-corrected chi connectivity index (χ4v) is 10.6. The lowest BCUT2D eigenvalue weighted by molar-refractivity contribution is 0.769. The number of benzene rings is 11. The van der Waals surface area contributed by atoms with E-state index in [0.717, 1.165) is 0 Å². The molecule has 0 unspecified atom stereocenters. The molecular formula is C63H42. The Morgan fingerprint density at radius 2 is 0.698 bits per heavy atom. The molecule has 0 atom stereocenters. The molecule has 0 aliphatic heterocycles. The van der Waals surface area contributed by atoms with Crippen molar-refractivity contribution in [1.82, 2.24) is 0 Å². The van der Waals surface area contributed by atoms with Crippen molar-refractivity contribution in [3.8, 4) is 44.5 Å². The van der Waals surface area contributed by atoms with Crippen LogP contribution in [0.3, 0.4) is 0 Å². The minimum Gasteiger partial charge on any atom is -0.0622 e. The van der Waals surface area contributed by atoms with Crippen molar-refractivity contribution < 1.29 is 0 Å². The van der Waals surface area contributed by atoms with Gasteiger partial charge in [0, 0.05) is 0 Å². The second-order valence-electron chi connectivity index (χ2n) is 16.7. The summed E-state index contributed by atoms with van der Waals surface area (Å²) >= 11 is 0. The van der Waals surface area contributed by atoms with Gasteiger partial charge in [0.15, 0.2) is 0 Å². The van der Waals surface area contributed by atoms with E-state index in [9.17, 15) is 0 Å². The normalized spacial score (nSPS) is 12.8. The number of rotatable bonds is 7. The van der Waals surface area contributed by atoms with E-state index in [1.54, 1.807) is 0 Å². The van der Waals surface area contributed by atoms with Gasteiger partial charge in [0.1, 0.15) is 0 Å². The Kier molecular flexibility index (Phi) is 8.83. The minimum atomic E-state index is -0.465. The van der Waals surface area contributed by atoms with Gasteiger partial charge in [-0.25, -0.2) is 0 Å². The summed E-state index contributed by atoms with van der Waals surface area (Å²) in [5, 5.41) is 7.55. The van der Waals surface area contributed by atoms with Crippen LogP contribution in [0, 0.1) is 0 Å². The van der Waals surface area contributed by atoms with Crippen LogP contribution in [0.2, 0.25) is 0 Å². The molecule has 0 heterocycles. The average Bonchev–Trinajstić information content (AvgIpc) is 3.66. The summed E-state index contributed by atoms with van der Waals surface area (Å²) < 4.78 is 0. The molecule has 12 rings (SSSR count). The Labute approximate surface area is 368 Å². The van der Waals surface area contributed by atoms with Gasteiger partial charge in [-0.15, -0.1) is 0 Å². The first-order chi connectivity index (χ1) is 31.3. The predicted molar refractivity (Wildman–Crippen MR) is 268 cm³/mol. The molecule has 0 spiro atoms. The maximum Gasteiger partial charge on any atom is 0.0713 e. The molecule has 0 N–H and O–H groups in total. The lowest BCUT2D eigenvalue weighted by Gasteiger charge is -2.34. The Morgan fingerprint density at radius 3 is 1.30 bits per heavy atom. The van der Waals surface area contributed by atoms with Gasteiger partial charge in [-0.3, -0.25) is 0 Å². The lowest BCUT2D eigenvalue weighted by atomic mass is 9.67. The molecule has 0 heteroatoms. The Morgan fingerprint density at radius 1 is 0.270 bits per heavy atom. The number of hydrogen-bond acceptors (Lipinski definition) is 0. The molecular weight excluding hydrogens is 757 g/mol. The highest BCUT2D eigenvalue weighted by Gasteiger charge is 2.46. The summed E-state index contributed by atoms with van der Waals surface area (Å²) in [6, 6.07) is 89.5. The van der Waals surface area contributed by atoms with Crippen LogP contribution in [0.5, 0.6) is 0 Å². The van der Waals surface area contributed by atoms with E-state index in [4.69, 9.17) is 0 Å². The minimum absolute atomic E-state index is 0.465. The molecule has 0 radical (unpaired) electrons. The fraction of sp³-hybridized carbons (Fsp3) is 0.0159. The first-order valence-electron chi connectivity index (χ1n) is 21.9. The zero-order valence-corrected chi connectivity index (χ0v) is 34.7. The molecule has 0 nitrogen and oxygen atoms in total. The van der Waals surface area contributed by atoms with Crippen molar-refractivity contribution in [3.05, 3.63) is 276 Å². The maximum atomic E-state index is 2.50. The summed E-state index contributed by atoms with van der Waals surface area (Å²) in [4.78, 5) is 0. The monoisotopic (exact) mass is 798 g/mol. The summed E-state index contributed by atoms with van der Waals surface area (Å²) in [6.07, 6.45) is 4.42. The molecule has 0 aromatic heterocycles. The maximum absolute atomic E-state index is 2.50. The third kappa shape index (κ3) is 5.98. The highest BCUT2D eigenvalue weighted by Crippen LogP contribution is 2.57. The quantitative estimate of drug-likeness (QED) is 0.111. The van der Waals surface area contributed by atoms with Crippen molar-refractivity contribution in [2.24, 2.45) is 0 Å². The molecule has 1 aliphatic carbocycles. The number of fused-ring (bicyclic) bond motifs is 6. The summed E-state index contributed by atoms with van der Waals surface area (Å²) in [6.45, 7) is 0. The van der Waals surface area contributed by atoms with Gasteiger partial charge in [0.25, 0.3) is 0 Å². The van der Waals surface area contributed by atoms with E-state index < -0.39 is 5.41 Å². The van der Waals surface area contributed by atoms with E-state index in [-0.39, 0.29) is 0 Å². The van der Waals surface area contributed by atoms with E-state index in [2.05, 4.69) is 255 Å². The molecule has 0 fully saturated rings. The van der Waals surface area contributed by atoms with Gasteiger partial charge in [0.2, 0.25) is 0 Å². The van der Waals surface area contributed by atoms with Gasteiger partial charge in [-0.05, 0) is 116 Å². The standard InChI is InChI=1S/C63H42/c1-3-18-49(19-4-1)63(50-20-5-2-6-21-50)59-29-14-13-23-53(59)54-41-40-48(42-60(54)63)62-57-26-11-9-24-55(57)61(56-25-10-12-27-58(56)62)47-38-34-44(35-39-47)31-30-43-32-36-46(37-33-43)52-28-15-17-45-16-7-8-22-51(45)52/h1-42H/b31-30+. The predicted octanol–water partition coefficient (Wildman–Crippen LogP) is 16.7. The van der Waals surface area contributed by atoms with Crippen LogP contribution < -0.4 is 0 Å². The van der Waals surface area contributed by atoms with Crippen LogP contribution >= 0.6 is 0 Å². The first kappa shape index (κ1) is 36.8. The largest absolute Gasteiger partial charge is 0.0713 e. The molecule has 0 bridgehead atoms. The van der Waals surface area contributed by atoms with Gasteiger partial charge in [-0.2, -0.15) is 0 Å². The van der Waals surface area contributed by atoms with Crippen molar-refractivity contribution in [1.29, 1.82) is 0 Å². The Hall–Kier alpha value is -8.06. The highest BCUT2D eigenvalue weighted by molar-refractivity contribution is 6.21. The number of hydrogen-bond donors (Lipinski definition) is 0. The zero-order chi connectivity index (χ0) is 41.7. The van der Waals surface area contributed by atoms with Gasteiger partial charge in [0.05, 0.1) is 5.41 Å². The lowest BCUT2D eigenvalue weighted by Crippen LogP contribution is -2.28. The second-order valence-corrected chi connectivity index (χ2v) is 16.7. The molecule has 1 aliphatic rings. The summed E-state index contributed by atoms with van der Waals surface area (Å²) in [5.41, 5.74) is 17.1. The van der Waals surface area contributed by atoms with Crippen LogP contribution in [0.25, 0.3) is 89.0 Å². The summed E-state index contributed by atoms with van der Waals surface area (Å²) in [7, 11) is 0. The van der Waals surface area contributed by atoms with Crippen molar-refractivity contribution in [2.45, 2.75) is 5.41 Å². The third-order valence-electron chi connectivity index (χ3n) is 13.4. The molecule has 294 valence electrons.